The van der Waals surface area contributed by atoms with Crippen molar-refractivity contribution in [3.05, 3.63) is 53.6 Å². The maximum atomic E-state index is 12.9. The van der Waals surface area contributed by atoms with E-state index < -0.39 is 10.0 Å². The third kappa shape index (κ3) is 5.31. The summed E-state index contributed by atoms with van der Waals surface area (Å²) in [6.45, 7) is 5.32. The number of nitrogens with zero attached hydrogens (tertiary/aromatic N) is 1. The Labute approximate surface area is 178 Å². The lowest BCUT2D eigenvalue weighted by Gasteiger charge is -2.18. The number of sulfonamides is 1. The van der Waals surface area contributed by atoms with Crippen molar-refractivity contribution in [1.29, 1.82) is 0 Å². The van der Waals surface area contributed by atoms with Gasteiger partial charge in [0.05, 0.1) is 23.7 Å². The highest BCUT2D eigenvalue weighted by atomic mass is 32.2. The number of likely N-dealkylation sites (tertiary alicyclic amines) is 1. The van der Waals surface area contributed by atoms with Crippen molar-refractivity contribution in [1.82, 2.24) is 9.62 Å². The Morgan fingerprint density at radius 2 is 1.87 bits per heavy atom. The number of benzene rings is 2. The van der Waals surface area contributed by atoms with Crippen LogP contribution in [0.5, 0.6) is 11.5 Å². The van der Waals surface area contributed by atoms with Crippen molar-refractivity contribution >= 4 is 15.9 Å². The third-order valence-corrected chi connectivity index (χ3v) is 6.24. The van der Waals surface area contributed by atoms with Gasteiger partial charge in [0.25, 0.3) is 5.91 Å². The highest BCUT2D eigenvalue weighted by Gasteiger charge is 2.25. The molecule has 0 bridgehead atoms. The number of carbonyl (C=O) groups is 1. The fraction of sp³-hybridized carbons (Fsp3) is 0.409. The zero-order chi connectivity index (χ0) is 21.7. The van der Waals surface area contributed by atoms with Gasteiger partial charge in [-0.25, -0.2) is 13.1 Å². The Kier molecular flexibility index (Phi) is 6.99. The van der Waals surface area contributed by atoms with Crippen LogP contribution in [0.2, 0.25) is 0 Å². The molecular weight excluding hydrogens is 404 g/mol. The average molecular weight is 433 g/mol. The van der Waals surface area contributed by atoms with Gasteiger partial charge in [0, 0.05) is 19.6 Å². The number of nitrogens with one attached hydrogen (secondary N) is 1. The predicted molar refractivity (Wildman–Crippen MR) is 114 cm³/mol. The van der Waals surface area contributed by atoms with Crippen molar-refractivity contribution in [3.63, 3.8) is 0 Å². The quantitative estimate of drug-likeness (QED) is 0.692. The summed E-state index contributed by atoms with van der Waals surface area (Å²) >= 11 is 0. The second-order valence-corrected chi connectivity index (χ2v) is 9.27. The molecule has 1 fully saturated rings. The van der Waals surface area contributed by atoms with E-state index in [2.05, 4.69) is 4.72 Å². The first kappa shape index (κ1) is 22.1. The number of hydrogen-bond donors (Lipinski definition) is 1. The van der Waals surface area contributed by atoms with Gasteiger partial charge in [-0.2, -0.15) is 0 Å². The van der Waals surface area contributed by atoms with Crippen molar-refractivity contribution in [2.24, 2.45) is 0 Å². The van der Waals surface area contributed by atoms with E-state index in [0.29, 0.717) is 24.6 Å². The molecule has 0 radical (unpaired) electrons. The molecular formula is C22H28N2O5S. The van der Waals surface area contributed by atoms with E-state index in [1.165, 1.54) is 25.3 Å². The maximum absolute atomic E-state index is 12.9. The molecule has 0 aromatic heterocycles. The van der Waals surface area contributed by atoms with Gasteiger partial charge in [-0.15, -0.1) is 0 Å². The van der Waals surface area contributed by atoms with Crippen molar-refractivity contribution in [3.8, 4) is 11.5 Å². The molecule has 3 rings (SSSR count). The first-order chi connectivity index (χ1) is 14.3. The van der Waals surface area contributed by atoms with Crippen LogP contribution in [-0.2, 0) is 16.6 Å². The van der Waals surface area contributed by atoms with Crippen LogP contribution < -0.4 is 14.2 Å². The topological polar surface area (TPSA) is 84.9 Å². The van der Waals surface area contributed by atoms with E-state index in [1.807, 2.05) is 32.0 Å². The number of ether oxygens (including phenoxy) is 2. The number of rotatable bonds is 8. The van der Waals surface area contributed by atoms with Gasteiger partial charge in [-0.3, -0.25) is 4.79 Å². The highest BCUT2D eigenvalue weighted by Crippen LogP contribution is 2.25. The molecule has 1 saturated heterocycles. The number of amides is 1. The third-order valence-electron chi connectivity index (χ3n) is 4.84. The second kappa shape index (κ2) is 9.49. The van der Waals surface area contributed by atoms with Crippen molar-refractivity contribution < 1.29 is 22.7 Å². The molecule has 0 unspecified atom stereocenters. The largest absolute Gasteiger partial charge is 0.496 e. The summed E-state index contributed by atoms with van der Waals surface area (Å²) in [7, 11) is -2.35. The minimum atomic E-state index is -3.82. The summed E-state index contributed by atoms with van der Waals surface area (Å²) < 4.78 is 39.3. The smallest absolute Gasteiger partial charge is 0.257 e. The average Bonchev–Trinajstić information content (AvgIpc) is 3.26. The van der Waals surface area contributed by atoms with Crippen LogP contribution in [0.3, 0.4) is 0 Å². The van der Waals surface area contributed by atoms with E-state index in [0.717, 1.165) is 18.4 Å². The van der Waals surface area contributed by atoms with Crippen LogP contribution in [0.15, 0.2) is 47.4 Å². The van der Waals surface area contributed by atoms with Crippen LogP contribution in [-0.4, -0.2) is 45.5 Å². The molecule has 2 aromatic carbocycles. The minimum absolute atomic E-state index is 0.0282. The highest BCUT2D eigenvalue weighted by molar-refractivity contribution is 7.89. The number of hydrogen-bond acceptors (Lipinski definition) is 5. The predicted octanol–water partition coefficient (Wildman–Crippen LogP) is 3.20. The van der Waals surface area contributed by atoms with Crippen LogP contribution in [0, 0.1) is 0 Å². The molecule has 8 heteroatoms. The Balaban J connectivity index is 1.79. The molecule has 7 nitrogen and oxygen atoms in total. The molecule has 162 valence electrons. The van der Waals surface area contributed by atoms with Gasteiger partial charge >= 0.3 is 0 Å². The van der Waals surface area contributed by atoms with E-state index >= 15 is 0 Å². The fourth-order valence-electron chi connectivity index (χ4n) is 3.37. The van der Waals surface area contributed by atoms with Crippen molar-refractivity contribution in [2.45, 2.75) is 44.2 Å². The van der Waals surface area contributed by atoms with Crippen LogP contribution in [0.1, 0.15) is 42.6 Å². The lowest BCUT2D eigenvalue weighted by molar-refractivity contribution is 0.0789. The molecule has 30 heavy (non-hydrogen) atoms. The first-order valence-corrected chi connectivity index (χ1v) is 11.5. The number of carbonyl (C=O) groups excluding carboxylic acids is 1. The molecule has 1 amide bonds. The maximum Gasteiger partial charge on any atom is 0.257 e. The summed E-state index contributed by atoms with van der Waals surface area (Å²) in [6, 6.07) is 11.6. The Morgan fingerprint density at radius 1 is 1.13 bits per heavy atom. The minimum Gasteiger partial charge on any atom is -0.496 e. The summed E-state index contributed by atoms with van der Waals surface area (Å²) in [5.41, 5.74) is 1.04. The molecule has 0 atom stereocenters. The van der Waals surface area contributed by atoms with Gasteiger partial charge in [0.15, 0.2) is 0 Å². The zero-order valence-corrected chi connectivity index (χ0v) is 18.4. The lowest BCUT2D eigenvalue weighted by Crippen LogP contribution is -2.29. The second-order valence-electron chi connectivity index (χ2n) is 7.50. The Bertz CT molecular complexity index is 998. The van der Waals surface area contributed by atoms with E-state index in [1.54, 1.807) is 11.0 Å². The summed E-state index contributed by atoms with van der Waals surface area (Å²) in [5, 5.41) is 0. The standard InChI is InChI=1S/C22H28N2O5S/c1-16(2)29-18-8-6-7-17(13-18)15-23-30(26,27)19-9-10-21(28-3)20(14-19)22(25)24-11-4-5-12-24/h6-10,13-14,16,23H,4-5,11-12,15H2,1-3H3. The monoisotopic (exact) mass is 432 g/mol. The van der Waals surface area contributed by atoms with E-state index in [-0.39, 0.29) is 29.0 Å². The van der Waals surface area contributed by atoms with E-state index in [4.69, 9.17) is 9.47 Å². The molecule has 0 saturated carbocycles. The van der Waals surface area contributed by atoms with Crippen LogP contribution >= 0.6 is 0 Å². The first-order valence-electron chi connectivity index (χ1n) is 10.0. The summed E-state index contributed by atoms with van der Waals surface area (Å²) in [4.78, 5) is 14.6. The van der Waals surface area contributed by atoms with Gasteiger partial charge in [-0.1, -0.05) is 12.1 Å². The van der Waals surface area contributed by atoms with Crippen LogP contribution in [0.4, 0.5) is 0 Å². The van der Waals surface area contributed by atoms with Gasteiger partial charge in [-0.05, 0) is 62.6 Å². The molecule has 1 aliphatic rings. The number of methoxy groups -OCH3 is 1. The molecule has 0 aliphatic carbocycles. The molecule has 0 spiro atoms. The van der Waals surface area contributed by atoms with Crippen LogP contribution in [0.25, 0.3) is 0 Å². The molecule has 1 N–H and O–H groups in total. The zero-order valence-electron chi connectivity index (χ0n) is 17.6. The Morgan fingerprint density at radius 3 is 2.53 bits per heavy atom. The van der Waals surface area contributed by atoms with Crippen molar-refractivity contribution in [2.75, 3.05) is 20.2 Å². The molecule has 1 aliphatic heterocycles. The van der Waals surface area contributed by atoms with Gasteiger partial charge in [0.2, 0.25) is 10.0 Å². The lowest BCUT2D eigenvalue weighted by atomic mass is 10.1. The SMILES string of the molecule is COc1ccc(S(=O)(=O)NCc2cccc(OC(C)C)c2)cc1C(=O)N1CCCC1. The Hall–Kier alpha value is -2.58. The van der Waals surface area contributed by atoms with Gasteiger partial charge < -0.3 is 14.4 Å². The molecule has 2 aromatic rings. The van der Waals surface area contributed by atoms with E-state index in [9.17, 15) is 13.2 Å². The normalized spacial score (nSPS) is 14.2. The fourth-order valence-corrected chi connectivity index (χ4v) is 4.42. The summed E-state index contributed by atoms with van der Waals surface area (Å²) in [5.74, 6) is 0.842. The molecule has 1 heterocycles. The summed E-state index contributed by atoms with van der Waals surface area (Å²) in [6.07, 6.45) is 1.93. The van der Waals surface area contributed by atoms with Gasteiger partial charge in [0.1, 0.15) is 11.5 Å².